The van der Waals surface area contributed by atoms with Crippen molar-refractivity contribution in [3.05, 3.63) is 30.4 Å². The molecule has 3 heterocycles. The Morgan fingerprint density at radius 1 is 1.43 bits per heavy atom. The summed E-state index contributed by atoms with van der Waals surface area (Å²) in [6, 6.07) is 2.14. The predicted octanol–water partition coefficient (Wildman–Crippen LogP) is 0.728. The largest absolute Gasteiger partial charge is 0.338 e. The van der Waals surface area contributed by atoms with Gasteiger partial charge in [0.2, 0.25) is 5.91 Å². The van der Waals surface area contributed by atoms with Crippen molar-refractivity contribution < 1.29 is 4.79 Å². The molecular weight excluding hydrogens is 268 g/mol. The Morgan fingerprint density at radius 2 is 2.33 bits per heavy atom. The maximum atomic E-state index is 12.5. The zero-order valence-electron chi connectivity index (χ0n) is 12.2. The van der Waals surface area contributed by atoms with Crippen LogP contribution in [0.5, 0.6) is 0 Å². The molecule has 0 radical (unpaired) electrons. The maximum Gasteiger partial charge on any atom is 0.229 e. The van der Waals surface area contributed by atoms with Gasteiger partial charge in [-0.1, -0.05) is 5.21 Å². The molecule has 2 aromatic rings. The Morgan fingerprint density at radius 3 is 3.05 bits per heavy atom. The summed E-state index contributed by atoms with van der Waals surface area (Å²) < 4.78 is 3.64. The molecule has 2 aromatic heterocycles. The van der Waals surface area contributed by atoms with E-state index in [-0.39, 0.29) is 11.9 Å². The Bertz CT molecular complexity index is 590. The van der Waals surface area contributed by atoms with Crippen molar-refractivity contribution in [1.82, 2.24) is 29.7 Å². The number of aryl methyl sites for hydroxylation is 1. The molecule has 3 rings (SSSR count). The van der Waals surface area contributed by atoms with Crippen LogP contribution < -0.4 is 0 Å². The van der Waals surface area contributed by atoms with E-state index in [4.69, 9.17) is 0 Å². The topological polar surface area (TPSA) is 68.8 Å². The lowest BCUT2D eigenvalue weighted by atomic mass is 10.2. The van der Waals surface area contributed by atoms with Crippen LogP contribution in [0, 0.1) is 0 Å². The van der Waals surface area contributed by atoms with E-state index < -0.39 is 0 Å². The monoisotopic (exact) mass is 288 g/mol. The van der Waals surface area contributed by atoms with E-state index in [0.717, 1.165) is 38.2 Å². The fourth-order valence-electron chi connectivity index (χ4n) is 2.81. The summed E-state index contributed by atoms with van der Waals surface area (Å²) in [4.78, 5) is 14.4. The Kier molecular flexibility index (Phi) is 3.98. The van der Waals surface area contributed by atoms with Gasteiger partial charge in [-0.15, -0.1) is 5.10 Å². The van der Waals surface area contributed by atoms with Crippen LogP contribution in [0.15, 0.2) is 24.7 Å². The summed E-state index contributed by atoms with van der Waals surface area (Å²) in [5.41, 5.74) is 0.742. The number of likely N-dealkylation sites (tertiary alicyclic amines) is 1. The van der Waals surface area contributed by atoms with Gasteiger partial charge in [0.1, 0.15) is 0 Å². The quantitative estimate of drug-likeness (QED) is 0.813. The number of amides is 1. The highest BCUT2D eigenvalue weighted by molar-refractivity contribution is 5.78. The van der Waals surface area contributed by atoms with E-state index in [9.17, 15) is 4.79 Å². The van der Waals surface area contributed by atoms with Crippen LogP contribution in [0.2, 0.25) is 0 Å². The van der Waals surface area contributed by atoms with Crippen LogP contribution in [0.3, 0.4) is 0 Å². The third-order valence-corrected chi connectivity index (χ3v) is 3.90. The fraction of sp³-hybridized carbons (Fsp3) is 0.571. The van der Waals surface area contributed by atoms with Gasteiger partial charge in [0.05, 0.1) is 24.7 Å². The second-order valence-corrected chi connectivity index (χ2v) is 5.35. The van der Waals surface area contributed by atoms with Gasteiger partial charge in [-0.25, -0.2) is 0 Å². The normalized spacial score (nSPS) is 18.3. The third-order valence-electron chi connectivity index (χ3n) is 3.90. The smallest absolute Gasteiger partial charge is 0.229 e. The zero-order chi connectivity index (χ0) is 14.7. The van der Waals surface area contributed by atoms with Crippen molar-refractivity contribution in [1.29, 1.82) is 0 Å². The van der Waals surface area contributed by atoms with E-state index in [2.05, 4.69) is 15.4 Å². The van der Waals surface area contributed by atoms with Crippen LogP contribution in [-0.2, 0) is 24.3 Å². The molecule has 21 heavy (non-hydrogen) atoms. The van der Waals surface area contributed by atoms with E-state index in [1.54, 1.807) is 10.9 Å². The average molecular weight is 288 g/mol. The molecule has 7 nitrogen and oxygen atoms in total. The third kappa shape index (κ3) is 3.12. The maximum absolute atomic E-state index is 12.5. The Labute approximate surface area is 123 Å². The molecule has 0 bridgehead atoms. The molecule has 0 aromatic carbocycles. The first-order valence-electron chi connectivity index (χ1n) is 7.42. The SMILES string of the molecule is CCn1cc(CC(=O)N2CCCC2Cn2cccn2)nn1. The molecule has 1 fully saturated rings. The first-order valence-corrected chi connectivity index (χ1v) is 7.42. The van der Waals surface area contributed by atoms with Crippen LogP contribution in [0.1, 0.15) is 25.5 Å². The highest BCUT2D eigenvalue weighted by atomic mass is 16.2. The van der Waals surface area contributed by atoms with E-state index in [1.165, 1.54) is 0 Å². The Hall–Kier alpha value is -2.18. The van der Waals surface area contributed by atoms with E-state index >= 15 is 0 Å². The molecule has 1 atom stereocenters. The molecule has 1 unspecified atom stereocenters. The molecule has 0 spiro atoms. The van der Waals surface area contributed by atoms with Crippen molar-refractivity contribution in [2.75, 3.05) is 6.54 Å². The summed E-state index contributed by atoms with van der Waals surface area (Å²) >= 11 is 0. The highest BCUT2D eigenvalue weighted by Crippen LogP contribution is 2.19. The van der Waals surface area contributed by atoms with Crippen molar-refractivity contribution in [3.8, 4) is 0 Å². The lowest BCUT2D eigenvalue weighted by Gasteiger charge is -2.24. The van der Waals surface area contributed by atoms with E-state index in [1.807, 2.05) is 35.0 Å². The summed E-state index contributed by atoms with van der Waals surface area (Å²) in [6.45, 7) is 4.36. The number of hydrogen-bond acceptors (Lipinski definition) is 4. The minimum atomic E-state index is 0.132. The number of nitrogens with zero attached hydrogens (tertiary/aromatic N) is 6. The van der Waals surface area contributed by atoms with Gasteiger partial charge < -0.3 is 4.90 Å². The number of aromatic nitrogens is 5. The molecule has 1 aliphatic rings. The minimum absolute atomic E-state index is 0.132. The van der Waals surface area contributed by atoms with Crippen molar-refractivity contribution >= 4 is 5.91 Å². The Balaban J connectivity index is 1.62. The number of carbonyl (C=O) groups is 1. The minimum Gasteiger partial charge on any atom is -0.338 e. The lowest BCUT2D eigenvalue weighted by Crippen LogP contribution is -2.39. The molecule has 1 saturated heterocycles. The number of hydrogen-bond donors (Lipinski definition) is 0. The predicted molar refractivity (Wildman–Crippen MR) is 76.4 cm³/mol. The summed E-state index contributed by atoms with van der Waals surface area (Å²) in [6.07, 6.45) is 7.97. The van der Waals surface area contributed by atoms with Crippen molar-refractivity contribution in [2.24, 2.45) is 0 Å². The molecule has 1 amide bonds. The van der Waals surface area contributed by atoms with Gasteiger partial charge in [-0.2, -0.15) is 5.10 Å². The van der Waals surface area contributed by atoms with Crippen LogP contribution >= 0.6 is 0 Å². The standard InChI is InChI=1S/C14H20N6O/c1-2-18-10-12(16-17-18)9-14(21)20-8-3-5-13(20)11-19-7-4-6-15-19/h4,6-7,10,13H,2-3,5,8-9,11H2,1H3. The molecule has 7 heteroatoms. The van der Waals surface area contributed by atoms with Gasteiger partial charge >= 0.3 is 0 Å². The summed E-state index contributed by atoms with van der Waals surface area (Å²) in [5, 5.41) is 12.2. The zero-order valence-corrected chi connectivity index (χ0v) is 12.2. The molecular formula is C14H20N6O. The highest BCUT2D eigenvalue weighted by Gasteiger charge is 2.29. The first kappa shape index (κ1) is 13.8. The number of carbonyl (C=O) groups excluding carboxylic acids is 1. The van der Waals surface area contributed by atoms with Crippen LogP contribution in [0.25, 0.3) is 0 Å². The van der Waals surface area contributed by atoms with Crippen LogP contribution in [0.4, 0.5) is 0 Å². The van der Waals surface area contributed by atoms with Gasteiger partial charge in [-0.3, -0.25) is 14.2 Å². The van der Waals surface area contributed by atoms with Crippen LogP contribution in [-0.4, -0.2) is 48.2 Å². The average Bonchev–Trinajstić information content (AvgIpc) is 3.20. The fourth-order valence-corrected chi connectivity index (χ4v) is 2.81. The molecule has 1 aliphatic heterocycles. The summed E-state index contributed by atoms with van der Waals surface area (Å²) in [7, 11) is 0. The van der Waals surface area contributed by atoms with Crippen molar-refractivity contribution in [2.45, 2.75) is 45.3 Å². The molecule has 0 aliphatic carbocycles. The van der Waals surface area contributed by atoms with Gasteiger partial charge in [-0.05, 0) is 25.8 Å². The molecule has 0 saturated carbocycles. The first-order chi connectivity index (χ1) is 10.3. The summed E-state index contributed by atoms with van der Waals surface area (Å²) in [5.74, 6) is 0.132. The second-order valence-electron chi connectivity index (χ2n) is 5.35. The number of rotatable bonds is 5. The molecule has 0 N–H and O–H groups in total. The molecule has 112 valence electrons. The second kappa shape index (κ2) is 6.07. The van der Waals surface area contributed by atoms with Gasteiger partial charge in [0.15, 0.2) is 0 Å². The lowest BCUT2D eigenvalue weighted by molar-refractivity contribution is -0.131. The van der Waals surface area contributed by atoms with E-state index in [0.29, 0.717) is 6.42 Å². The van der Waals surface area contributed by atoms with Gasteiger partial charge in [0, 0.05) is 31.7 Å². The van der Waals surface area contributed by atoms with Crippen molar-refractivity contribution in [3.63, 3.8) is 0 Å². The van der Waals surface area contributed by atoms with Gasteiger partial charge in [0.25, 0.3) is 0 Å².